The van der Waals surface area contributed by atoms with Gasteiger partial charge >= 0.3 is 0 Å². The average Bonchev–Trinajstić information content (AvgIpc) is 3.14. The fraction of sp³-hybridized carbons (Fsp3) is 0. The lowest BCUT2D eigenvalue weighted by Crippen LogP contribution is -1.85. The molecule has 0 unspecified atom stereocenters. The van der Waals surface area contributed by atoms with E-state index >= 15 is 0 Å². The molecule has 0 saturated carbocycles. The fourth-order valence-corrected chi connectivity index (χ4v) is 2.06. The monoisotopic (exact) mass is 262 g/mol. The van der Waals surface area contributed by atoms with Gasteiger partial charge in [0.2, 0.25) is 5.89 Å². The third kappa shape index (κ3) is 1.76. The van der Waals surface area contributed by atoms with Crippen LogP contribution in [0.5, 0.6) is 0 Å². The Morgan fingerprint density at radius 2 is 1.90 bits per heavy atom. The first-order valence-electron chi connectivity index (χ1n) is 6.22. The molecule has 0 aliphatic rings. The molecule has 0 fully saturated rings. The number of imidazole rings is 1. The summed E-state index contributed by atoms with van der Waals surface area (Å²) in [6, 6.07) is 13.6. The van der Waals surface area contributed by atoms with Gasteiger partial charge in [0, 0.05) is 11.8 Å². The molecular weight excluding hydrogens is 252 g/mol. The lowest BCUT2D eigenvalue weighted by atomic mass is 10.2. The van der Waals surface area contributed by atoms with E-state index in [-0.39, 0.29) is 0 Å². The molecule has 0 radical (unpaired) electrons. The van der Waals surface area contributed by atoms with Gasteiger partial charge in [-0.15, -0.1) is 0 Å². The Balaban J connectivity index is 1.78. The largest absolute Gasteiger partial charge is 0.435 e. The van der Waals surface area contributed by atoms with Gasteiger partial charge < -0.3 is 4.42 Å². The van der Waals surface area contributed by atoms with Gasteiger partial charge in [0.15, 0.2) is 11.4 Å². The summed E-state index contributed by atoms with van der Waals surface area (Å²) in [4.78, 5) is 8.72. The molecule has 0 saturated heterocycles. The van der Waals surface area contributed by atoms with Gasteiger partial charge in [-0.2, -0.15) is 5.10 Å². The van der Waals surface area contributed by atoms with Crippen molar-refractivity contribution in [3.8, 4) is 22.9 Å². The highest BCUT2D eigenvalue weighted by molar-refractivity contribution is 5.60. The van der Waals surface area contributed by atoms with Crippen LogP contribution in [0, 0.1) is 0 Å². The maximum Gasteiger partial charge on any atom is 0.247 e. The number of hydrogen-bond donors (Lipinski definition) is 0. The summed E-state index contributed by atoms with van der Waals surface area (Å²) in [5.74, 6) is 1.22. The number of rotatable bonds is 2. The molecule has 0 aliphatic heterocycles. The Labute approximate surface area is 114 Å². The number of benzene rings is 1. The molecule has 5 nitrogen and oxygen atoms in total. The van der Waals surface area contributed by atoms with Crippen LogP contribution in [0.15, 0.2) is 65.5 Å². The lowest BCUT2D eigenvalue weighted by Gasteiger charge is -1.93. The van der Waals surface area contributed by atoms with E-state index in [9.17, 15) is 0 Å². The zero-order valence-corrected chi connectivity index (χ0v) is 10.5. The average molecular weight is 262 g/mol. The summed E-state index contributed by atoms with van der Waals surface area (Å²) in [5.41, 5.74) is 2.43. The van der Waals surface area contributed by atoms with E-state index in [0.717, 1.165) is 17.0 Å². The van der Waals surface area contributed by atoms with Crippen LogP contribution in [0.3, 0.4) is 0 Å². The molecule has 0 aliphatic carbocycles. The summed E-state index contributed by atoms with van der Waals surface area (Å²) in [6.45, 7) is 0. The van der Waals surface area contributed by atoms with E-state index in [0.29, 0.717) is 11.6 Å². The zero-order valence-electron chi connectivity index (χ0n) is 10.5. The smallest absolute Gasteiger partial charge is 0.247 e. The Kier molecular flexibility index (Phi) is 2.35. The Morgan fingerprint density at radius 1 is 1.00 bits per heavy atom. The predicted molar refractivity (Wildman–Crippen MR) is 73.9 cm³/mol. The molecule has 96 valence electrons. The molecule has 4 aromatic rings. The highest BCUT2D eigenvalue weighted by Crippen LogP contribution is 2.25. The topological polar surface area (TPSA) is 56.2 Å². The molecule has 0 spiro atoms. The maximum atomic E-state index is 5.77. The summed E-state index contributed by atoms with van der Waals surface area (Å²) in [7, 11) is 0. The van der Waals surface area contributed by atoms with E-state index in [1.807, 2.05) is 42.5 Å². The molecule has 4 rings (SSSR count). The van der Waals surface area contributed by atoms with E-state index in [2.05, 4.69) is 15.1 Å². The van der Waals surface area contributed by atoms with Crippen molar-refractivity contribution in [2.24, 2.45) is 0 Å². The summed E-state index contributed by atoms with van der Waals surface area (Å²) >= 11 is 0. The molecule has 5 heteroatoms. The van der Waals surface area contributed by atoms with E-state index in [1.54, 1.807) is 23.1 Å². The minimum atomic E-state index is 0.495. The first-order chi connectivity index (χ1) is 9.90. The number of nitrogens with zero attached hydrogens (tertiary/aromatic N) is 4. The van der Waals surface area contributed by atoms with Crippen LogP contribution in [0.25, 0.3) is 28.6 Å². The molecule has 0 atom stereocenters. The van der Waals surface area contributed by atoms with Crippen molar-refractivity contribution >= 4 is 5.65 Å². The second-order valence-corrected chi connectivity index (χ2v) is 4.35. The Morgan fingerprint density at radius 3 is 2.75 bits per heavy atom. The normalized spacial score (nSPS) is 11.0. The van der Waals surface area contributed by atoms with Gasteiger partial charge in [0.1, 0.15) is 5.69 Å². The van der Waals surface area contributed by atoms with Crippen LogP contribution in [-0.4, -0.2) is 19.6 Å². The van der Waals surface area contributed by atoms with Crippen LogP contribution >= 0.6 is 0 Å². The standard InChI is InChI=1S/C15H10N4O/c1-2-5-11(6-3-1)13-9-16-15(20-13)12-10-19-14(18-12)7-4-8-17-19/h1-10H. The molecule has 1 aromatic carbocycles. The number of hydrogen-bond acceptors (Lipinski definition) is 4. The van der Waals surface area contributed by atoms with E-state index in [1.165, 1.54) is 0 Å². The van der Waals surface area contributed by atoms with Crippen LogP contribution in [-0.2, 0) is 0 Å². The highest BCUT2D eigenvalue weighted by Gasteiger charge is 2.11. The lowest BCUT2D eigenvalue weighted by molar-refractivity contribution is 0.586. The van der Waals surface area contributed by atoms with E-state index in [4.69, 9.17) is 4.42 Å². The summed E-state index contributed by atoms with van der Waals surface area (Å²) < 4.78 is 7.47. The van der Waals surface area contributed by atoms with Crippen molar-refractivity contribution in [1.82, 2.24) is 19.6 Å². The number of aromatic nitrogens is 4. The van der Waals surface area contributed by atoms with Crippen LogP contribution in [0.1, 0.15) is 0 Å². The summed E-state index contributed by atoms with van der Waals surface area (Å²) in [5, 5.41) is 4.18. The van der Waals surface area contributed by atoms with Gasteiger partial charge in [0.25, 0.3) is 0 Å². The Bertz CT molecular complexity index is 831. The second-order valence-electron chi connectivity index (χ2n) is 4.35. The molecule has 3 heterocycles. The second kappa shape index (κ2) is 4.31. The van der Waals surface area contributed by atoms with Crippen molar-refractivity contribution in [1.29, 1.82) is 0 Å². The minimum Gasteiger partial charge on any atom is -0.435 e. The molecular formula is C15H10N4O. The first kappa shape index (κ1) is 10.9. The van der Waals surface area contributed by atoms with Gasteiger partial charge in [-0.3, -0.25) is 0 Å². The zero-order chi connectivity index (χ0) is 13.4. The first-order valence-corrected chi connectivity index (χ1v) is 6.22. The van der Waals surface area contributed by atoms with Crippen molar-refractivity contribution in [3.63, 3.8) is 0 Å². The van der Waals surface area contributed by atoms with Crippen LogP contribution < -0.4 is 0 Å². The van der Waals surface area contributed by atoms with Gasteiger partial charge in [-0.05, 0) is 12.1 Å². The van der Waals surface area contributed by atoms with Crippen LogP contribution in [0.4, 0.5) is 0 Å². The third-order valence-electron chi connectivity index (χ3n) is 3.02. The van der Waals surface area contributed by atoms with Crippen molar-refractivity contribution in [2.45, 2.75) is 0 Å². The van der Waals surface area contributed by atoms with Crippen molar-refractivity contribution in [3.05, 3.63) is 61.1 Å². The maximum absolute atomic E-state index is 5.77. The molecule has 3 aromatic heterocycles. The van der Waals surface area contributed by atoms with Gasteiger partial charge in [0.05, 0.1) is 12.4 Å². The Hall–Kier alpha value is -2.95. The molecule has 0 bridgehead atoms. The molecule has 0 N–H and O–H groups in total. The number of fused-ring (bicyclic) bond motifs is 1. The van der Waals surface area contributed by atoms with Crippen molar-refractivity contribution in [2.75, 3.05) is 0 Å². The predicted octanol–water partition coefficient (Wildman–Crippen LogP) is 3.05. The SMILES string of the molecule is c1ccc(-c2cnc(-c3cn4ncccc4n3)o2)cc1. The molecule has 0 amide bonds. The third-order valence-corrected chi connectivity index (χ3v) is 3.02. The van der Waals surface area contributed by atoms with Crippen LogP contribution in [0.2, 0.25) is 0 Å². The fourth-order valence-electron chi connectivity index (χ4n) is 2.06. The summed E-state index contributed by atoms with van der Waals surface area (Å²) in [6.07, 6.45) is 5.22. The number of oxazole rings is 1. The quantitative estimate of drug-likeness (QED) is 0.557. The van der Waals surface area contributed by atoms with Gasteiger partial charge in [-0.1, -0.05) is 30.3 Å². The minimum absolute atomic E-state index is 0.495. The van der Waals surface area contributed by atoms with E-state index < -0.39 is 0 Å². The highest BCUT2D eigenvalue weighted by atomic mass is 16.4. The van der Waals surface area contributed by atoms with Crippen molar-refractivity contribution < 1.29 is 4.42 Å². The molecule has 20 heavy (non-hydrogen) atoms. The van der Waals surface area contributed by atoms with Gasteiger partial charge in [-0.25, -0.2) is 14.5 Å².